The summed E-state index contributed by atoms with van der Waals surface area (Å²) < 4.78 is 83.1. The summed E-state index contributed by atoms with van der Waals surface area (Å²) in [4.78, 5) is 50.2. The Hall–Kier alpha value is -3.65. The molecule has 0 saturated carbocycles. The van der Waals surface area contributed by atoms with Gasteiger partial charge in [0, 0.05) is 19.0 Å². The predicted octanol–water partition coefficient (Wildman–Crippen LogP) is 3.31. The molecule has 1 aliphatic heterocycles. The molecule has 0 aliphatic carbocycles. The number of likely N-dealkylation sites (tertiary alicyclic amines) is 1. The van der Waals surface area contributed by atoms with Gasteiger partial charge in [-0.3, -0.25) is 9.69 Å². The maximum Gasteiger partial charge on any atom is 0.411 e. The number of alkyl carbamates (subject to hydrolysis) is 1. The summed E-state index contributed by atoms with van der Waals surface area (Å²) >= 11 is 0. The van der Waals surface area contributed by atoms with E-state index >= 15 is 0 Å². The molecule has 2 rings (SSSR count). The van der Waals surface area contributed by atoms with Crippen molar-refractivity contribution < 1.29 is 55.3 Å². The van der Waals surface area contributed by atoms with Crippen molar-refractivity contribution in [2.45, 2.75) is 71.2 Å². The minimum atomic E-state index is -2.45. The molecule has 10 nitrogen and oxygen atoms in total. The molecule has 15 heteroatoms. The average Bonchev–Trinajstić information content (AvgIpc) is 3.19. The number of amides is 3. The van der Waals surface area contributed by atoms with Crippen LogP contribution in [0.2, 0.25) is 0 Å². The van der Waals surface area contributed by atoms with Crippen LogP contribution in [0.4, 0.5) is 31.5 Å². The molecule has 212 valence electrons. The van der Waals surface area contributed by atoms with Crippen molar-refractivity contribution in [3.05, 3.63) is 29.1 Å². The van der Waals surface area contributed by atoms with E-state index in [0.717, 1.165) is 4.90 Å². The number of esters is 1. The minimum absolute atomic E-state index is 0.343. The largest absolute Gasteiger partial charge is 0.444 e. The Balaban J connectivity index is 2.20. The molecule has 0 radical (unpaired) electrons. The first kappa shape index (κ1) is 30.6. The molecule has 0 aromatic heterocycles. The van der Waals surface area contributed by atoms with Crippen molar-refractivity contribution >= 4 is 24.1 Å². The van der Waals surface area contributed by atoms with Crippen LogP contribution in [0.3, 0.4) is 0 Å². The first-order chi connectivity index (χ1) is 17.3. The van der Waals surface area contributed by atoms with Gasteiger partial charge in [0.05, 0.1) is 0 Å². The Morgan fingerprint density at radius 3 is 1.84 bits per heavy atom. The molecule has 1 fully saturated rings. The van der Waals surface area contributed by atoms with E-state index in [2.05, 4.69) is 15.4 Å². The highest BCUT2D eigenvalue weighted by molar-refractivity contribution is 5.85. The third-order valence-corrected chi connectivity index (χ3v) is 4.73. The third kappa shape index (κ3) is 7.92. The fraction of sp³-hybridized carbons (Fsp3) is 0.565. The molecule has 1 heterocycles. The summed E-state index contributed by atoms with van der Waals surface area (Å²) in [6, 6.07) is -2.58. The normalized spacial score (nSPS) is 17.6. The van der Waals surface area contributed by atoms with Gasteiger partial charge in [0.1, 0.15) is 23.8 Å². The summed E-state index contributed by atoms with van der Waals surface area (Å²) in [5.74, 6) is -16.0. The lowest BCUT2D eigenvalue weighted by Gasteiger charge is -2.27. The lowest BCUT2D eigenvalue weighted by Crippen LogP contribution is -2.46. The average molecular weight is 553 g/mol. The van der Waals surface area contributed by atoms with Crippen molar-refractivity contribution in [2.75, 3.05) is 13.1 Å². The van der Waals surface area contributed by atoms with Crippen LogP contribution >= 0.6 is 0 Å². The number of hydrogen-bond acceptors (Lipinski definition) is 7. The lowest BCUT2D eigenvalue weighted by molar-refractivity contribution is -0.139. The topological polar surface area (TPSA) is 123 Å². The van der Waals surface area contributed by atoms with E-state index in [-0.39, 0.29) is 13.0 Å². The number of nitrogens with zero attached hydrogens (tertiary/aromatic N) is 1. The first-order valence-corrected chi connectivity index (χ1v) is 11.3. The van der Waals surface area contributed by atoms with Gasteiger partial charge in [-0.2, -0.15) is 8.78 Å². The monoisotopic (exact) mass is 553 g/mol. The van der Waals surface area contributed by atoms with Crippen molar-refractivity contribution in [3.63, 3.8) is 0 Å². The van der Waals surface area contributed by atoms with Gasteiger partial charge < -0.3 is 24.8 Å². The summed E-state index contributed by atoms with van der Waals surface area (Å²) in [6.07, 6.45) is -2.31. The number of halogens is 5. The summed E-state index contributed by atoms with van der Waals surface area (Å²) in [7, 11) is 0. The first-order valence-electron chi connectivity index (χ1n) is 11.3. The van der Waals surface area contributed by atoms with Gasteiger partial charge in [-0.25, -0.2) is 27.6 Å². The van der Waals surface area contributed by atoms with Crippen LogP contribution < -0.4 is 15.4 Å². The molecule has 2 N–H and O–H groups in total. The number of carbonyl (C=O) groups is 4. The second kappa shape index (κ2) is 11.4. The zero-order chi connectivity index (χ0) is 29.2. The van der Waals surface area contributed by atoms with E-state index in [1.165, 1.54) is 20.8 Å². The number of rotatable bonds is 5. The van der Waals surface area contributed by atoms with Crippen LogP contribution in [0.1, 0.15) is 48.0 Å². The minimum Gasteiger partial charge on any atom is -0.444 e. The van der Waals surface area contributed by atoms with Crippen LogP contribution in [-0.2, 0) is 19.1 Å². The smallest absolute Gasteiger partial charge is 0.411 e. The van der Waals surface area contributed by atoms with E-state index in [1.54, 1.807) is 20.8 Å². The van der Waals surface area contributed by atoms with E-state index in [1.807, 2.05) is 0 Å². The Morgan fingerprint density at radius 2 is 1.34 bits per heavy atom. The molecule has 0 bridgehead atoms. The zero-order valence-electron chi connectivity index (χ0n) is 21.5. The van der Waals surface area contributed by atoms with Crippen molar-refractivity contribution in [2.24, 2.45) is 0 Å². The zero-order valence-corrected chi connectivity index (χ0v) is 21.5. The maximum absolute atomic E-state index is 14.0. The quantitative estimate of drug-likeness (QED) is 0.189. The van der Waals surface area contributed by atoms with Gasteiger partial charge in [-0.05, 0) is 41.5 Å². The second-order valence-corrected chi connectivity index (χ2v) is 10.3. The van der Waals surface area contributed by atoms with E-state index in [9.17, 15) is 41.1 Å². The highest BCUT2D eigenvalue weighted by Gasteiger charge is 2.44. The fourth-order valence-electron chi connectivity index (χ4n) is 3.27. The molecule has 2 atom stereocenters. The van der Waals surface area contributed by atoms with Crippen LogP contribution in [0.25, 0.3) is 0 Å². The number of carbonyl (C=O) groups excluding carboxylic acids is 4. The number of hydrogen-bond donors (Lipinski definition) is 2. The summed E-state index contributed by atoms with van der Waals surface area (Å²) in [6.45, 7) is 8.52. The Bertz CT molecular complexity index is 1090. The summed E-state index contributed by atoms with van der Waals surface area (Å²) in [5, 5.41) is 4.67. The third-order valence-electron chi connectivity index (χ3n) is 4.73. The molecule has 1 aliphatic rings. The number of benzene rings is 1. The molecule has 1 aromatic rings. The van der Waals surface area contributed by atoms with Gasteiger partial charge in [-0.1, -0.05) is 0 Å². The van der Waals surface area contributed by atoms with Gasteiger partial charge in [-0.15, -0.1) is 0 Å². The molecule has 1 saturated heterocycles. The number of nitrogens with one attached hydrogen (secondary N) is 2. The Labute approximate surface area is 214 Å². The maximum atomic E-state index is 14.0. The second-order valence-electron chi connectivity index (χ2n) is 10.3. The lowest BCUT2D eigenvalue weighted by atomic mass is 10.1. The van der Waals surface area contributed by atoms with Crippen LogP contribution in [0, 0.1) is 29.1 Å². The fourth-order valence-corrected chi connectivity index (χ4v) is 3.27. The van der Waals surface area contributed by atoms with E-state index in [0.29, 0.717) is 0 Å². The standard InChI is InChI=1S/C23H28F5N3O7/c1-22(2,3)37-20(34)29-8-12(32)30-10-7-11(31(9-10)21(35)38-23(4,5)6)19(33)36-18-16(27)14(25)13(24)15(26)17(18)28/h10-11H,7-9H2,1-6H3,(H,29,34)(H,30,32)/t10-,11+/m1/s1. The van der Waals surface area contributed by atoms with E-state index in [4.69, 9.17) is 9.47 Å². The molecule has 0 spiro atoms. The van der Waals surface area contributed by atoms with Crippen LogP contribution in [0.15, 0.2) is 0 Å². The van der Waals surface area contributed by atoms with Crippen molar-refractivity contribution in [1.82, 2.24) is 15.5 Å². The van der Waals surface area contributed by atoms with Crippen LogP contribution in [-0.4, -0.2) is 65.3 Å². The van der Waals surface area contributed by atoms with Crippen molar-refractivity contribution in [1.29, 1.82) is 0 Å². The van der Waals surface area contributed by atoms with Crippen molar-refractivity contribution in [3.8, 4) is 5.75 Å². The highest BCUT2D eigenvalue weighted by atomic mass is 19.2. The molecule has 0 unspecified atom stereocenters. The Morgan fingerprint density at radius 1 is 0.842 bits per heavy atom. The number of ether oxygens (including phenoxy) is 3. The SMILES string of the molecule is CC(C)(C)OC(=O)NCC(=O)N[C@@H]1C[C@@H](C(=O)Oc2c(F)c(F)c(F)c(F)c2F)N(C(=O)OC(C)(C)C)C1. The predicted molar refractivity (Wildman–Crippen MR) is 119 cm³/mol. The van der Waals surface area contributed by atoms with E-state index < -0.39 is 88.7 Å². The molecule has 1 aromatic carbocycles. The highest BCUT2D eigenvalue weighted by Crippen LogP contribution is 2.31. The molecular formula is C23H28F5N3O7. The molecule has 38 heavy (non-hydrogen) atoms. The Kier molecular flexibility index (Phi) is 9.17. The van der Waals surface area contributed by atoms with Gasteiger partial charge in [0.2, 0.25) is 40.7 Å². The van der Waals surface area contributed by atoms with Gasteiger partial charge in [0.15, 0.2) is 0 Å². The van der Waals surface area contributed by atoms with Crippen LogP contribution in [0.5, 0.6) is 5.75 Å². The van der Waals surface area contributed by atoms with Gasteiger partial charge in [0.25, 0.3) is 0 Å². The molecule has 3 amide bonds. The molecular weight excluding hydrogens is 525 g/mol. The summed E-state index contributed by atoms with van der Waals surface area (Å²) in [5.41, 5.74) is -1.85. The van der Waals surface area contributed by atoms with Gasteiger partial charge >= 0.3 is 18.2 Å².